The van der Waals surface area contributed by atoms with E-state index < -0.39 is 10.0 Å². The number of benzene rings is 2. The van der Waals surface area contributed by atoms with Crippen LogP contribution in [0.3, 0.4) is 0 Å². The summed E-state index contributed by atoms with van der Waals surface area (Å²) in [6, 6.07) is 10.4. The number of ether oxygens (including phenoxy) is 2. The number of hydrogen-bond donors (Lipinski definition) is 1. The average molecular weight is 335 g/mol. The molecule has 5 nitrogen and oxygen atoms in total. The number of para-hydroxylation sites is 1. The number of nitrogens with one attached hydrogen (secondary N) is 1. The quantitative estimate of drug-likeness (QED) is 0.879. The molecule has 1 N–H and O–H groups in total. The standard InChI is InChI=1S/C17H21NO4S/c1-5-18-23(19,20)16-10-9-14(21-4)11-15(16)22-17-12(2)7-6-8-13(17)3/h6-11,18H,5H2,1-4H3. The molecular formula is C17H21NO4S. The van der Waals surface area contributed by atoms with Gasteiger partial charge in [-0.25, -0.2) is 13.1 Å². The summed E-state index contributed by atoms with van der Waals surface area (Å²) >= 11 is 0. The number of sulfonamides is 1. The molecule has 0 unspecified atom stereocenters. The highest BCUT2D eigenvalue weighted by Gasteiger charge is 2.21. The van der Waals surface area contributed by atoms with Crippen LogP contribution in [0.4, 0.5) is 0 Å². The molecule has 0 aromatic heterocycles. The van der Waals surface area contributed by atoms with Gasteiger partial charge in [0.05, 0.1) is 7.11 Å². The molecule has 0 aliphatic rings. The van der Waals surface area contributed by atoms with Crippen LogP contribution >= 0.6 is 0 Å². The van der Waals surface area contributed by atoms with E-state index in [4.69, 9.17) is 9.47 Å². The molecule has 0 fully saturated rings. The minimum Gasteiger partial charge on any atom is -0.497 e. The zero-order chi connectivity index (χ0) is 17.0. The van der Waals surface area contributed by atoms with Gasteiger partial charge in [-0.3, -0.25) is 0 Å². The first-order chi connectivity index (χ1) is 10.9. The lowest BCUT2D eigenvalue weighted by Crippen LogP contribution is -2.23. The molecule has 0 radical (unpaired) electrons. The number of aryl methyl sites for hydroxylation is 2. The Morgan fingerprint density at radius 1 is 1.09 bits per heavy atom. The molecule has 2 aromatic rings. The van der Waals surface area contributed by atoms with E-state index in [2.05, 4.69) is 4.72 Å². The minimum atomic E-state index is -3.64. The van der Waals surface area contributed by atoms with Gasteiger partial charge < -0.3 is 9.47 Å². The van der Waals surface area contributed by atoms with Gasteiger partial charge in [-0.2, -0.15) is 0 Å². The van der Waals surface area contributed by atoms with Gasteiger partial charge in [0.25, 0.3) is 0 Å². The SMILES string of the molecule is CCNS(=O)(=O)c1ccc(OC)cc1Oc1c(C)cccc1C. The summed E-state index contributed by atoms with van der Waals surface area (Å²) in [4.78, 5) is 0.0859. The zero-order valence-electron chi connectivity index (χ0n) is 13.7. The van der Waals surface area contributed by atoms with Crippen molar-refractivity contribution in [1.29, 1.82) is 0 Å². The van der Waals surface area contributed by atoms with Crippen LogP contribution < -0.4 is 14.2 Å². The first-order valence-corrected chi connectivity index (χ1v) is 8.79. The van der Waals surface area contributed by atoms with Crippen molar-refractivity contribution in [3.63, 3.8) is 0 Å². The third-order valence-corrected chi connectivity index (χ3v) is 4.98. The van der Waals surface area contributed by atoms with Crippen molar-refractivity contribution >= 4 is 10.0 Å². The number of methoxy groups -OCH3 is 1. The molecule has 0 saturated carbocycles. The third kappa shape index (κ3) is 3.83. The molecular weight excluding hydrogens is 314 g/mol. The maximum absolute atomic E-state index is 12.4. The van der Waals surface area contributed by atoms with Gasteiger partial charge in [0, 0.05) is 12.6 Å². The summed E-state index contributed by atoms with van der Waals surface area (Å²) in [6.45, 7) is 5.87. The molecule has 6 heteroatoms. The van der Waals surface area contributed by atoms with Gasteiger partial charge in [0.15, 0.2) is 5.75 Å². The summed E-state index contributed by atoms with van der Waals surface area (Å²) in [7, 11) is -2.12. The highest BCUT2D eigenvalue weighted by Crippen LogP contribution is 2.35. The summed E-state index contributed by atoms with van der Waals surface area (Å²) < 4.78 is 38.4. The second-order valence-corrected chi connectivity index (χ2v) is 6.87. The van der Waals surface area contributed by atoms with E-state index in [-0.39, 0.29) is 10.6 Å². The molecule has 124 valence electrons. The Morgan fingerprint density at radius 2 is 1.74 bits per heavy atom. The van der Waals surface area contributed by atoms with Gasteiger partial charge >= 0.3 is 0 Å². The zero-order valence-corrected chi connectivity index (χ0v) is 14.5. The molecule has 0 amide bonds. The number of hydrogen-bond acceptors (Lipinski definition) is 4. The van der Waals surface area contributed by atoms with Crippen LogP contribution in [-0.4, -0.2) is 22.1 Å². The van der Waals surface area contributed by atoms with E-state index in [1.54, 1.807) is 19.1 Å². The van der Waals surface area contributed by atoms with E-state index in [0.29, 0.717) is 18.0 Å². The van der Waals surface area contributed by atoms with Crippen LogP contribution in [0.5, 0.6) is 17.2 Å². The van der Waals surface area contributed by atoms with Crippen LogP contribution in [0.1, 0.15) is 18.1 Å². The smallest absolute Gasteiger partial charge is 0.244 e. The topological polar surface area (TPSA) is 64.6 Å². The predicted octanol–water partition coefficient (Wildman–Crippen LogP) is 3.40. The van der Waals surface area contributed by atoms with Crippen molar-refractivity contribution < 1.29 is 17.9 Å². The Bertz CT molecular complexity index is 780. The van der Waals surface area contributed by atoms with Crippen molar-refractivity contribution in [3.8, 4) is 17.2 Å². The normalized spacial score (nSPS) is 11.3. The Kier molecular flexibility index (Phi) is 5.28. The highest BCUT2D eigenvalue weighted by molar-refractivity contribution is 7.89. The lowest BCUT2D eigenvalue weighted by molar-refractivity contribution is 0.405. The van der Waals surface area contributed by atoms with E-state index >= 15 is 0 Å². The Balaban J connectivity index is 2.56. The van der Waals surface area contributed by atoms with Crippen LogP contribution in [-0.2, 0) is 10.0 Å². The van der Waals surface area contributed by atoms with Crippen molar-refractivity contribution in [1.82, 2.24) is 4.72 Å². The average Bonchev–Trinajstić information content (AvgIpc) is 2.50. The van der Waals surface area contributed by atoms with Gasteiger partial charge in [-0.15, -0.1) is 0 Å². The fourth-order valence-electron chi connectivity index (χ4n) is 2.26. The summed E-state index contributed by atoms with van der Waals surface area (Å²) in [5, 5.41) is 0. The van der Waals surface area contributed by atoms with E-state index in [0.717, 1.165) is 11.1 Å². The van der Waals surface area contributed by atoms with E-state index in [9.17, 15) is 8.42 Å². The highest BCUT2D eigenvalue weighted by atomic mass is 32.2. The van der Waals surface area contributed by atoms with Gasteiger partial charge in [0.2, 0.25) is 10.0 Å². The minimum absolute atomic E-state index is 0.0859. The van der Waals surface area contributed by atoms with Gasteiger partial charge in [-0.1, -0.05) is 25.1 Å². The van der Waals surface area contributed by atoms with Gasteiger partial charge in [0.1, 0.15) is 16.4 Å². The molecule has 23 heavy (non-hydrogen) atoms. The monoisotopic (exact) mass is 335 g/mol. The largest absolute Gasteiger partial charge is 0.497 e. The molecule has 0 atom stereocenters. The Hall–Kier alpha value is -2.05. The summed E-state index contributed by atoms with van der Waals surface area (Å²) in [5.41, 5.74) is 1.86. The molecule has 0 aliphatic heterocycles. The maximum Gasteiger partial charge on any atom is 0.244 e. The molecule has 0 saturated heterocycles. The lowest BCUT2D eigenvalue weighted by atomic mass is 10.1. The lowest BCUT2D eigenvalue weighted by Gasteiger charge is -2.16. The number of rotatable bonds is 6. The molecule has 0 heterocycles. The molecule has 0 spiro atoms. The molecule has 0 bridgehead atoms. The Morgan fingerprint density at radius 3 is 2.30 bits per heavy atom. The van der Waals surface area contributed by atoms with Crippen molar-refractivity contribution in [2.45, 2.75) is 25.7 Å². The summed E-state index contributed by atoms with van der Waals surface area (Å²) in [5.74, 6) is 1.41. The van der Waals surface area contributed by atoms with E-state index in [1.807, 2.05) is 32.0 Å². The van der Waals surface area contributed by atoms with Crippen molar-refractivity contribution in [2.24, 2.45) is 0 Å². The summed E-state index contributed by atoms with van der Waals surface area (Å²) in [6.07, 6.45) is 0. The second-order valence-electron chi connectivity index (χ2n) is 5.14. The second kappa shape index (κ2) is 7.02. The fourth-order valence-corrected chi connectivity index (χ4v) is 3.40. The maximum atomic E-state index is 12.4. The van der Waals surface area contributed by atoms with Crippen LogP contribution in [0.2, 0.25) is 0 Å². The van der Waals surface area contributed by atoms with Crippen LogP contribution in [0, 0.1) is 13.8 Å². The van der Waals surface area contributed by atoms with E-state index in [1.165, 1.54) is 13.2 Å². The molecule has 2 aromatic carbocycles. The van der Waals surface area contributed by atoms with Crippen LogP contribution in [0.15, 0.2) is 41.3 Å². The molecule has 2 rings (SSSR count). The first kappa shape index (κ1) is 17.3. The third-order valence-electron chi connectivity index (χ3n) is 3.40. The molecule has 0 aliphatic carbocycles. The first-order valence-electron chi connectivity index (χ1n) is 7.30. The van der Waals surface area contributed by atoms with Crippen LogP contribution in [0.25, 0.3) is 0 Å². The fraction of sp³-hybridized carbons (Fsp3) is 0.294. The Labute approximate surface area is 137 Å². The van der Waals surface area contributed by atoms with Gasteiger partial charge in [-0.05, 0) is 37.1 Å². The predicted molar refractivity (Wildman–Crippen MR) is 89.8 cm³/mol. The van der Waals surface area contributed by atoms with Crippen molar-refractivity contribution in [2.75, 3.05) is 13.7 Å². The van der Waals surface area contributed by atoms with Crippen molar-refractivity contribution in [3.05, 3.63) is 47.5 Å².